The second kappa shape index (κ2) is 8.60. The maximum Gasteiger partial charge on any atom is 0.133 e. The molecule has 2 heterocycles. The Balaban J connectivity index is 1.69. The molecule has 0 aliphatic heterocycles. The quantitative estimate of drug-likeness (QED) is 0.368. The van der Waals surface area contributed by atoms with E-state index < -0.39 is 0 Å². The predicted molar refractivity (Wildman–Crippen MR) is 135 cm³/mol. The number of aromatic hydroxyl groups is 2. The van der Waals surface area contributed by atoms with Gasteiger partial charge in [0.2, 0.25) is 0 Å². The van der Waals surface area contributed by atoms with Gasteiger partial charge in [-0.2, -0.15) is 0 Å². The normalized spacial score (nSPS) is 14.9. The Morgan fingerprint density at radius 3 is 1.41 bits per heavy atom. The van der Waals surface area contributed by atoms with E-state index in [0.717, 1.165) is 85.0 Å². The number of nitrogens with zero attached hydrogens (tertiary/aromatic N) is 2. The lowest BCUT2D eigenvalue weighted by atomic mass is 9.78. The highest BCUT2D eigenvalue weighted by atomic mass is 16.3. The van der Waals surface area contributed by atoms with Crippen LogP contribution in [0.2, 0.25) is 0 Å². The van der Waals surface area contributed by atoms with Gasteiger partial charge in [-0.15, -0.1) is 0 Å². The molecular weight excluding hydrogens is 420 g/mol. The van der Waals surface area contributed by atoms with Gasteiger partial charge in [-0.05, 0) is 110 Å². The van der Waals surface area contributed by atoms with Crippen molar-refractivity contribution in [2.75, 3.05) is 0 Å². The summed E-state index contributed by atoms with van der Waals surface area (Å²) in [5, 5.41) is 23.5. The third-order valence-electron chi connectivity index (χ3n) is 7.38. The van der Waals surface area contributed by atoms with Gasteiger partial charge in [-0.1, -0.05) is 12.1 Å². The number of aromatic nitrogens is 2. The smallest absolute Gasteiger partial charge is 0.133 e. The van der Waals surface area contributed by atoms with E-state index in [1.165, 1.54) is 22.3 Å². The Morgan fingerprint density at radius 2 is 1.00 bits per heavy atom. The van der Waals surface area contributed by atoms with Crippen LogP contribution in [0, 0.1) is 0 Å². The fourth-order valence-corrected chi connectivity index (χ4v) is 5.76. The first-order chi connectivity index (χ1) is 16.7. The minimum absolute atomic E-state index is 0.223. The molecule has 4 aromatic rings. The number of hydrogen-bond donors (Lipinski definition) is 2. The van der Waals surface area contributed by atoms with Crippen LogP contribution in [0.1, 0.15) is 47.9 Å². The van der Waals surface area contributed by atoms with Crippen LogP contribution in [0.3, 0.4) is 0 Å². The van der Waals surface area contributed by atoms with E-state index in [9.17, 15) is 10.2 Å². The van der Waals surface area contributed by atoms with E-state index in [2.05, 4.69) is 22.1 Å². The number of benzene rings is 2. The summed E-state index contributed by atoms with van der Waals surface area (Å²) >= 11 is 0. The van der Waals surface area contributed by atoms with Gasteiger partial charge in [-0.25, -0.2) is 0 Å². The topological polar surface area (TPSA) is 66.2 Å². The van der Waals surface area contributed by atoms with Gasteiger partial charge in [0.05, 0.1) is 11.4 Å². The van der Waals surface area contributed by atoms with Gasteiger partial charge >= 0.3 is 0 Å². The number of pyridine rings is 2. The lowest BCUT2D eigenvalue weighted by molar-refractivity contribution is 0.468. The Kier molecular flexibility index (Phi) is 5.29. The molecule has 0 saturated carbocycles. The van der Waals surface area contributed by atoms with Crippen molar-refractivity contribution in [1.29, 1.82) is 0 Å². The summed E-state index contributed by atoms with van der Waals surface area (Å²) in [6.45, 7) is 0. The van der Waals surface area contributed by atoms with Gasteiger partial charge in [0.1, 0.15) is 11.5 Å². The fourth-order valence-electron chi connectivity index (χ4n) is 5.76. The first-order valence-corrected chi connectivity index (χ1v) is 12.3. The number of fused-ring (bicyclic) bond motifs is 2. The van der Waals surface area contributed by atoms with Crippen molar-refractivity contribution >= 4 is 0 Å². The van der Waals surface area contributed by atoms with Crippen LogP contribution in [0.5, 0.6) is 11.5 Å². The zero-order chi connectivity index (χ0) is 23.1. The third kappa shape index (κ3) is 3.45. The number of phenols is 2. The van der Waals surface area contributed by atoms with E-state index in [-0.39, 0.29) is 11.5 Å². The van der Waals surface area contributed by atoms with Crippen molar-refractivity contribution < 1.29 is 10.2 Å². The van der Waals surface area contributed by atoms with Crippen LogP contribution in [-0.2, 0) is 25.7 Å². The molecule has 2 N–H and O–H groups in total. The molecule has 0 spiro atoms. The maximum absolute atomic E-state index is 11.8. The molecule has 0 fully saturated rings. The average Bonchev–Trinajstić information content (AvgIpc) is 2.90. The first kappa shape index (κ1) is 20.9. The van der Waals surface area contributed by atoms with Crippen molar-refractivity contribution in [2.45, 2.75) is 51.4 Å². The summed E-state index contributed by atoms with van der Waals surface area (Å²) in [6.07, 6.45) is 11.7. The van der Waals surface area contributed by atoms with E-state index in [4.69, 9.17) is 0 Å². The van der Waals surface area contributed by atoms with E-state index in [1.54, 1.807) is 12.4 Å². The molecule has 4 heteroatoms. The minimum atomic E-state index is 0.223. The summed E-state index contributed by atoms with van der Waals surface area (Å²) in [4.78, 5) is 9.07. The Hall–Kier alpha value is -3.66. The van der Waals surface area contributed by atoms with Crippen molar-refractivity contribution in [3.63, 3.8) is 0 Å². The van der Waals surface area contributed by atoms with Gasteiger partial charge in [-0.3, -0.25) is 9.97 Å². The molecule has 0 unspecified atom stereocenters. The third-order valence-corrected chi connectivity index (χ3v) is 7.38. The van der Waals surface area contributed by atoms with Crippen LogP contribution in [0.15, 0.2) is 60.9 Å². The molecule has 2 aliphatic carbocycles. The molecule has 0 atom stereocenters. The SMILES string of the molecule is Oc1c(-c2ccccn2)cc2c(c1-c1c(O)c(-c3ccccn3)cc3c1CCCC3)CCCC2. The van der Waals surface area contributed by atoms with Gasteiger partial charge in [0.15, 0.2) is 0 Å². The van der Waals surface area contributed by atoms with E-state index in [1.807, 2.05) is 36.4 Å². The molecular formula is C30H28N2O2. The van der Waals surface area contributed by atoms with Gasteiger partial charge in [0, 0.05) is 34.6 Å². The highest BCUT2D eigenvalue weighted by molar-refractivity contribution is 5.92. The Labute approximate surface area is 200 Å². The molecule has 170 valence electrons. The van der Waals surface area contributed by atoms with Gasteiger partial charge in [0.25, 0.3) is 0 Å². The summed E-state index contributed by atoms with van der Waals surface area (Å²) in [5.74, 6) is 0.446. The lowest BCUT2D eigenvalue weighted by Gasteiger charge is -2.28. The molecule has 0 amide bonds. The summed E-state index contributed by atoms with van der Waals surface area (Å²) < 4.78 is 0. The molecule has 6 rings (SSSR count). The standard InChI is InChI=1S/C30H28N2O2/c33-29-23(25-13-5-7-15-31-25)17-19-9-1-3-11-21(19)27(29)28-22-12-4-2-10-20(22)18-24(30(28)34)26-14-6-8-16-32-26/h5-8,13-18,33-34H,1-4,9-12H2. The monoisotopic (exact) mass is 448 g/mol. The highest BCUT2D eigenvalue weighted by Gasteiger charge is 2.29. The van der Waals surface area contributed by atoms with E-state index >= 15 is 0 Å². The Bertz CT molecular complexity index is 1260. The van der Waals surface area contributed by atoms with Gasteiger partial charge < -0.3 is 10.2 Å². The molecule has 0 bridgehead atoms. The number of phenolic OH excluding ortho intramolecular Hbond substituents is 2. The number of aryl methyl sites for hydroxylation is 2. The lowest BCUT2D eigenvalue weighted by Crippen LogP contribution is -2.10. The Morgan fingerprint density at radius 1 is 0.559 bits per heavy atom. The van der Waals surface area contributed by atoms with Crippen LogP contribution in [0.4, 0.5) is 0 Å². The fraction of sp³-hybridized carbons (Fsp3) is 0.267. The van der Waals surface area contributed by atoms with Crippen molar-refractivity contribution in [3.05, 3.63) is 83.2 Å². The molecule has 0 saturated heterocycles. The van der Waals surface area contributed by atoms with E-state index in [0.29, 0.717) is 0 Å². The van der Waals surface area contributed by atoms with Crippen LogP contribution in [0.25, 0.3) is 33.6 Å². The molecule has 2 aromatic heterocycles. The second-order valence-corrected chi connectivity index (χ2v) is 9.41. The summed E-state index contributed by atoms with van der Waals surface area (Å²) in [6, 6.07) is 15.8. The zero-order valence-electron chi connectivity index (χ0n) is 19.2. The molecule has 2 aliphatic rings. The maximum atomic E-state index is 11.8. The minimum Gasteiger partial charge on any atom is -0.507 e. The zero-order valence-corrected chi connectivity index (χ0v) is 19.2. The van der Waals surface area contributed by atoms with Crippen molar-refractivity contribution in [1.82, 2.24) is 9.97 Å². The highest BCUT2D eigenvalue weighted by Crippen LogP contribution is 2.51. The van der Waals surface area contributed by atoms with Crippen molar-refractivity contribution in [2.24, 2.45) is 0 Å². The van der Waals surface area contributed by atoms with Crippen LogP contribution >= 0.6 is 0 Å². The molecule has 0 radical (unpaired) electrons. The number of rotatable bonds is 3. The first-order valence-electron chi connectivity index (χ1n) is 12.3. The largest absolute Gasteiger partial charge is 0.507 e. The van der Waals surface area contributed by atoms with Crippen LogP contribution in [-0.4, -0.2) is 20.2 Å². The average molecular weight is 449 g/mol. The predicted octanol–water partition coefficient (Wildman–Crippen LogP) is 6.65. The summed E-state index contributed by atoms with van der Waals surface area (Å²) in [5.41, 5.74) is 9.44. The summed E-state index contributed by atoms with van der Waals surface area (Å²) in [7, 11) is 0. The molecule has 34 heavy (non-hydrogen) atoms. The number of hydrogen-bond acceptors (Lipinski definition) is 4. The van der Waals surface area contributed by atoms with Crippen LogP contribution < -0.4 is 0 Å². The van der Waals surface area contributed by atoms with Crippen molar-refractivity contribution in [3.8, 4) is 45.1 Å². The molecule has 2 aromatic carbocycles. The molecule has 4 nitrogen and oxygen atoms in total. The second-order valence-electron chi connectivity index (χ2n) is 9.41.